The van der Waals surface area contributed by atoms with Crippen LogP contribution in [0.1, 0.15) is 16.7 Å². The summed E-state index contributed by atoms with van der Waals surface area (Å²) in [6.07, 6.45) is 3.27. The predicted molar refractivity (Wildman–Crippen MR) is 109 cm³/mol. The number of thioether (sulfide) groups is 1. The van der Waals surface area contributed by atoms with Crippen molar-refractivity contribution in [1.82, 2.24) is 19.2 Å². The average Bonchev–Trinajstić information content (AvgIpc) is 2.66. The Balaban J connectivity index is 1.62. The minimum absolute atomic E-state index is 0.0304. The zero-order valence-corrected chi connectivity index (χ0v) is 17.9. The molecule has 0 aliphatic carbocycles. The van der Waals surface area contributed by atoms with Gasteiger partial charge in [0.15, 0.2) is 5.16 Å². The van der Waals surface area contributed by atoms with Gasteiger partial charge in [0, 0.05) is 38.6 Å². The molecule has 1 aromatic carbocycles. The van der Waals surface area contributed by atoms with Crippen LogP contribution in [0.5, 0.6) is 0 Å². The fourth-order valence-electron chi connectivity index (χ4n) is 3.46. The first-order valence-electron chi connectivity index (χ1n) is 9.04. The molecule has 28 heavy (non-hydrogen) atoms. The monoisotopic (exact) mass is 420 g/mol. The lowest BCUT2D eigenvalue weighted by Crippen LogP contribution is -2.51. The van der Waals surface area contributed by atoms with Crippen molar-refractivity contribution in [3.05, 3.63) is 47.3 Å². The van der Waals surface area contributed by atoms with E-state index in [4.69, 9.17) is 0 Å². The van der Waals surface area contributed by atoms with Crippen LogP contribution in [0.4, 0.5) is 0 Å². The van der Waals surface area contributed by atoms with Crippen molar-refractivity contribution in [1.29, 1.82) is 0 Å². The van der Waals surface area contributed by atoms with Crippen molar-refractivity contribution in [2.45, 2.75) is 30.8 Å². The molecule has 0 bridgehead atoms. The van der Waals surface area contributed by atoms with Crippen LogP contribution in [0.25, 0.3) is 0 Å². The van der Waals surface area contributed by atoms with Crippen LogP contribution in [0.2, 0.25) is 0 Å². The maximum atomic E-state index is 13.1. The van der Waals surface area contributed by atoms with Crippen molar-refractivity contribution < 1.29 is 13.2 Å². The number of nitrogens with zero attached hydrogens (tertiary/aromatic N) is 4. The van der Waals surface area contributed by atoms with Gasteiger partial charge in [0.05, 0.1) is 10.6 Å². The lowest BCUT2D eigenvalue weighted by atomic mass is 10.1. The number of sulfonamides is 1. The van der Waals surface area contributed by atoms with Crippen LogP contribution in [-0.2, 0) is 14.8 Å². The number of piperazine rings is 1. The Labute approximate surface area is 170 Å². The summed E-state index contributed by atoms with van der Waals surface area (Å²) in [5.41, 5.74) is 2.56. The van der Waals surface area contributed by atoms with Crippen molar-refractivity contribution in [3.8, 4) is 0 Å². The van der Waals surface area contributed by atoms with Crippen LogP contribution in [-0.4, -0.2) is 65.4 Å². The van der Waals surface area contributed by atoms with E-state index in [1.54, 1.807) is 23.4 Å². The van der Waals surface area contributed by atoms with E-state index in [1.807, 2.05) is 32.9 Å². The summed E-state index contributed by atoms with van der Waals surface area (Å²) in [7, 11) is -3.57. The Morgan fingerprint density at radius 2 is 1.61 bits per heavy atom. The molecule has 1 saturated heterocycles. The Morgan fingerprint density at radius 1 is 1.04 bits per heavy atom. The van der Waals surface area contributed by atoms with Crippen LogP contribution in [0, 0.1) is 20.8 Å². The fraction of sp³-hybridized carbons (Fsp3) is 0.421. The number of amides is 1. The molecule has 1 amide bonds. The Hall–Kier alpha value is -1.97. The van der Waals surface area contributed by atoms with Crippen LogP contribution in [0.15, 0.2) is 40.6 Å². The topological polar surface area (TPSA) is 83.5 Å². The number of rotatable bonds is 5. The number of carbonyl (C=O) groups is 1. The number of carbonyl (C=O) groups excluding carboxylic acids is 1. The first kappa shape index (κ1) is 20.8. The highest BCUT2D eigenvalue weighted by Gasteiger charge is 2.32. The number of benzene rings is 1. The van der Waals surface area contributed by atoms with Crippen molar-refractivity contribution in [2.75, 3.05) is 31.9 Å². The highest BCUT2D eigenvalue weighted by Crippen LogP contribution is 2.26. The zero-order valence-electron chi connectivity index (χ0n) is 16.3. The molecule has 0 atom stereocenters. The maximum absolute atomic E-state index is 13.1. The van der Waals surface area contributed by atoms with Crippen molar-refractivity contribution in [3.63, 3.8) is 0 Å². The minimum Gasteiger partial charge on any atom is -0.339 e. The largest absolute Gasteiger partial charge is 0.339 e. The average molecular weight is 421 g/mol. The maximum Gasteiger partial charge on any atom is 0.243 e. The first-order chi connectivity index (χ1) is 13.3. The van der Waals surface area contributed by atoms with E-state index < -0.39 is 10.0 Å². The van der Waals surface area contributed by atoms with Crippen molar-refractivity contribution in [2.24, 2.45) is 0 Å². The summed E-state index contributed by atoms with van der Waals surface area (Å²) in [5, 5.41) is 0.558. The fourth-order valence-corrected chi connectivity index (χ4v) is 6.00. The molecule has 3 rings (SSSR count). The second-order valence-electron chi connectivity index (χ2n) is 6.83. The van der Waals surface area contributed by atoms with Crippen LogP contribution >= 0.6 is 11.8 Å². The van der Waals surface area contributed by atoms with E-state index in [9.17, 15) is 13.2 Å². The molecule has 150 valence electrons. The number of aromatic nitrogens is 2. The molecule has 9 heteroatoms. The quantitative estimate of drug-likeness (QED) is 0.544. The molecule has 1 aliphatic heterocycles. The molecule has 1 aliphatic rings. The SMILES string of the molecule is Cc1cc(C)c(S(=O)(=O)N2CCN(C(=O)CSc3ncccn3)CC2)c(C)c1. The molecule has 7 nitrogen and oxygen atoms in total. The van der Waals surface area contributed by atoms with Gasteiger partial charge in [0.2, 0.25) is 15.9 Å². The second-order valence-corrected chi connectivity index (χ2v) is 9.65. The molecular formula is C19H24N4O3S2. The Morgan fingerprint density at radius 3 is 2.18 bits per heavy atom. The van der Waals surface area contributed by atoms with Gasteiger partial charge in [-0.1, -0.05) is 29.5 Å². The number of hydrogen-bond donors (Lipinski definition) is 0. The number of aryl methyl sites for hydroxylation is 3. The van der Waals surface area contributed by atoms with Gasteiger partial charge in [-0.25, -0.2) is 18.4 Å². The van der Waals surface area contributed by atoms with E-state index in [0.717, 1.165) is 16.7 Å². The lowest BCUT2D eigenvalue weighted by molar-refractivity contribution is -0.129. The molecule has 0 N–H and O–H groups in total. The molecule has 1 fully saturated rings. The summed E-state index contributed by atoms with van der Waals surface area (Å²) in [5.74, 6) is 0.213. The zero-order chi connectivity index (χ0) is 20.3. The van der Waals surface area contributed by atoms with E-state index >= 15 is 0 Å². The highest BCUT2D eigenvalue weighted by molar-refractivity contribution is 7.99. The van der Waals surface area contributed by atoms with E-state index in [2.05, 4.69) is 9.97 Å². The van der Waals surface area contributed by atoms with Gasteiger partial charge in [0.25, 0.3) is 0 Å². The molecule has 2 aromatic rings. The normalized spacial score (nSPS) is 15.6. The van der Waals surface area contributed by atoms with E-state index in [-0.39, 0.29) is 11.7 Å². The van der Waals surface area contributed by atoms with E-state index in [0.29, 0.717) is 36.2 Å². The summed E-state index contributed by atoms with van der Waals surface area (Å²) in [6.45, 7) is 6.99. The first-order valence-corrected chi connectivity index (χ1v) is 11.5. The van der Waals surface area contributed by atoms with Gasteiger partial charge in [-0.3, -0.25) is 4.79 Å². The molecule has 0 radical (unpaired) electrons. The molecule has 1 aromatic heterocycles. The molecular weight excluding hydrogens is 396 g/mol. The summed E-state index contributed by atoms with van der Waals surface area (Å²) >= 11 is 1.29. The lowest BCUT2D eigenvalue weighted by Gasteiger charge is -2.34. The molecule has 2 heterocycles. The van der Waals surface area contributed by atoms with Crippen molar-refractivity contribution >= 4 is 27.7 Å². The Kier molecular flexibility index (Phi) is 6.36. The molecule has 0 unspecified atom stereocenters. The second kappa shape index (κ2) is 8.59. The van der Waals surface area contributed by atoms with E-state index in [1.165, 1.54) is 16.1 Å². The standard InChI is InChI=1S/C19H24N4O3S2/c1-14-11-15(2)18(16(3)12-14)28(25,26)23-9-7-22(8-10-23)17(24)13-27-19-20-5-4-6-21-19/h4-6,11-12H,7-10,13H2,1-3H3. The van der Waals surface area contributed by atoms with Gasteiger partial charge in [-0.15, -0.1) is 0 Å². The highest BCUT2D eigenvalue weighted by atomic mass is 32.2. The van der Waals surface area contributed by atoms with Gasteiger partial charge in [-0.05, 0) is 38.0 Å². The van der Waals surface area contributed by atoms with Crippen LogP contribution < -0.4 is 0 Å². The Bertz CT molecular complexity index is 933. The predicted octanol–water partition coefficient (Wildman–Crippen LogP) is 2.03. The van der Waals surface area contributed by atoms with Gasteiger partial charge < -0.3 is 4.90 Å². The third-order valence-corrected chi connectivity index (χ3v) is 7.73. The number of hydrogen-bond acceptors (Lipinski definition) is 6. The van der Waals surface area contributed by atoms with Gasteiger partial charge in [-0.2, -0.15) is 4.31 Å². The minimum atomic E-state index is -3.57. The van der Waals surface area contributed by atoms with Gasteiger partial charge in [0.1, 0.15) is 0 Å². The van der Waals surface area contributed by atoms with Gasteiger partial charge >= 0.3 is 0 Å². The summed E-state index contributed by atoms with van der Waals surface area (Å²) < 4.78 is 27.7. The smallest absolute Gasteiger partial charge is 0.243 e. The third-order valence-electron chi connectivity index (χ3n) is 4.66. The third kappa shape index (κ3) is 4.53. The molecule has 0 saturated carbocycles. The summed E-state index contributed by atoms with van der Waals surface area (Å²) in [4.78, 5) is 22.7. The summed E-state index contributed by atoms with van der Waals surface area (Å²) in [6, 6.07) is 5.51. The van der Waals surface area contributed by atoms with Crippen LogP contribution in [0.3, 0.4) is 0 Å². The molecule has 0 spiro atoms.